The van der Waals surface area contributed by atoms with Crippen molar-refractivity contribution in [1.29, 1.82) is 0 Å². The van der Waals surface area contributed by atoms with Gasteiger partial charge in [-0.05, 0) is 48.6 Å². The van der Waals surface area contributed by atoms with Gasteiger partial charge < -0.3 is 10.6 Å². The zero-order valence-corrected chi connectivity index (χ0v) is 19.3. The number of nitrogens with one attached hydrogen (secondary N) is 2. The second kappa shape index (κ2) is 11.5. The normalized spacial score (nSPS) is 11.2. The third kappa shape index (κ3) is 7.12. The van der Waals surface area contributed by atoms with E-state index in [4.69, 9.17) is 0 Å². The molecule has 0 saturated heterocycles. The van der Waals surface area contributed by atoms with Crippen molar-refractivity contribution in [2.75, 3.05) is 12.3 Å². The minimum Gasteiger partial charge on any atom is -0.350 e. The summed E-state index contributed by atoms with van der Waals surface area (Å²) >= 11 is 3.28. The summed E-state index contributed by atoms with van der Waals surface area (Å²) in [6.45, 7) is 4.49. The maximum absolute atomic E-state index is 12.8. The Morgan fingerprint density at radius 1 is 1.03 bits per heavy atom. The Morgan fingerprint density at radius 2 is 1.87 bits per heavy atom. The number of carbonyl (C=O) groups excluding carboxylic acids is 2. The average molecular weight is 451 g/mol. The van der Waals surface area contributed by atoms with E-state index in [9.17, 15) is 9.59 Å². The highest BCUT2D eigenvalue weighted by Gasteiger charge is 2.15. The number of rotatable bonds is 9. The Labute approximate surface area is 191 Å². The molecule has 0 bridgehead atoms. The second-order valence-electron chi connectivity index (χ2n) is 7.14. The summed E-state index contributed by atoms with van der Waals surface area (Å²) in [7, 11) is 0. The molecular formula is C25H26N2O2S2. The summed E-state index contributed by atoms with van der Waals surface area (Å²) in [6.07, 6.45) is 1.72. The number of hydrogen-bond acceptors (Lipinski definition) is 4. The van der Waals surface area contributed by atoms with E-state index in [1.807, 2.05) is 42.6 Å². The van der Waals surface area contributed by atoms with Crippen LogP contribution >= 0.6 is 23.1 Å². The first-order valence-electron chi connectivity index (χ1n) is 10.1. The minimum absolute atomic E-state index is 0.249. The van der Waals surface area contributed by atoms with Crippen LogP contribution in [0.4, 0.5) is 0 Å². The molecule has 160 valence electrons. The number of benzene rings is 2. The van der Waals surface area contributed by atoms with Crippen molar-refractivity contribution in [3.63, 3.8) is 0 Å². The van der Waals surface area contributed by atoms with E-state index in [1.54, 1.807) is 23.9 Å². The molecule has 0 unspecified atom stereocenters. The Kier molecular flexibility index (Phi) is 8.50. The number of hydrogen-bond donors (Lipinski definition) is 2. The van der Waals surface area contributed by atoms with Gasteiger partial charge in [-0.1, -0.05) is 54.1 Å². The Balaban J connectivity index is 1.58. The van der Waals surface area contributed by atoms with Crippen LogP contribution in [0.5, 0.6) is 0 Å². The van der Waals surface area contributed by atoms with Gasteiger partial charge >= 0.3 is 0 Å². The lowest BCUT2D eigenvalue weighted by Gasteiger charge is -2.12. The summed E-state index contributed by atoms with van der Waals surface area (Å²) in [4.78, 5) is 26.4. The van der Waals surface area contributed by atoms with Gasteiger partial charge in [-0.3, -0.25) is 9.59 Å². The molecule has 2 N–H and O–H groups in total. The van der Waals surface area contributed by atoms with Gasteiger partial charge in [-0.15, -0.1) is 11.3 Å². The minimum atomic E-state index is -0.287. The van der Waals surface area contributed by atoms with E-state index in [-0.39, 0.29) is 17.5 Å². The van der Waals surface area contributed by atoms with Gasteiger partial charge in [0.25, 0.3) is 11.8 Å². The third-order valence-electron chi connectivity index (χ3n) is 4.60. The molecule has 2 aromatic carbocycles. The molecule has 1 heterocycles. The standard InChI is InChI=1S/C25H26N2O2S2/c1-18-7-5-9-20(15-18)17-30-14-12-26-25(29)23(16-21-10-6-13-31-21)27-24(28)22-11-4-3-8-19(22)2/h3-11,13,15-16H,12,14,17H2,1-2H3,(H,26,29)(H,27,28)/b23-16-. The molecule has 0 aliphatic rings. The summed E-state index contributed by atoms with van der Waals surface area (Å²) < 4.78 is 0. The lowest BCUT2D eigenvalue weighted by Crippen LogP contribution is -2.36. The number of aryl methyl sites for hydroxylation is 2. The molecule has 0 aliphatic carbocycles. The number of carbonyl (C=O) groups is 2. The van der Waals surface area contributed by atoms with E-state index in [0.29, 0.717) is 12.1 Å². The molecule has 4 nitrogen and oxygen atoms in total. The van der Waals surface area contributed by atoms with Gasteiger partial charge in [-0.2, -0.15) is 11.8 Å². The first kappa shape index (κ1) is 22.8. The highest BCUT2D eigenvalue weighted by atomic mass is 32.2. The van der Waals surface area contributed by atoms with Crippen LogP contribution in [0, 0.1) is 13.8 Å². The van der Waals surface area contributed by atoms with Crippen LogP contribution in [0.3, 0.4) is 0 Å². The fourth-order valence-electron chi connectivity index (χ4n) is 3.02. The van der Waals surface area contributed by atoms with Gasteiger partial charge in [0.15, 0.2) is 0 Å². The summed E-state index contributed by atoms with van der Waals surface area (Å²) in [5.41, 5.74) is 4.20. The Hall–Kier alpha value is -2.83. The van der Waals surface area contributed by atoms with Gasteiger partial charge in [0, 0.05) is 28.5 Å². The highest BCUT2D eigenvalue weighted by molar-refractivity contribution is 7.98. The fourth-order valence-corrected chi connectivity index (χ4v) is 4.48. The maximum Gasteiger partial charge on any atom is 0.267 e. The van der Waals surface area contributed by atoms with Crippen LogP contribution in [-0.2, 0) is 10.5 Å². The second-order valence-corrected chi connectivity index (χ2v) is 9.22. The van der Waals surface area contributed by atoms with Gasteiger partial charge in [-0.25, -0.2) is 0 Å². The summed E-state index contributed by atoms with van der Waals surface area (Å²) in [5.74, 6) is 1.12. The van der Waals surface area contributed by atoms with Crippen molar-refractivity contribution in [2.45, 2.75) is 19.6 Å². The Bertz CT molecular complexity index is 1060. The predicted octanol–water partition coefficient (Wildman–Crippen LogP) is 5.19. The smallest absolute Gasteiger partial charge is 0.267 e. The van der Waals surface area contributed by atoms with E-state index in [2.05, 4.69) is 41.8 Å². The number of thiophene rings is 1. The van der Waals surface area contributed by atoms with Crippen LogP contribution in [0.2, 0.25) is 0 Å². The summed E-state index contributed by atoms with van der Waals surface area (Å²) in [6, 6.07) is 19.6. The summed E-state index contributed by atoms with van der Waals surface area (Å²) in [5, 5.41) is 7.66. The fraction of sp³-hybridized carbons (Fsp3) is 0.200. The zero-order chi connectivity index (χ0) is 22.1. The SMILES string of the molecule is Cc1cccc(CSCCNC(=O)/C(=C/c2cccs2)NC(=O)c2ccccc2C)c1. The van der Waals surface area contributed by atoms with Crippen LogP contribution < -0.4 is 10.6 Å². The molecule has 0 aliphatic heterocycles. The molecule has 0 fully saturated rings. The molecule has 3 rings (SSSR count). The molecular weight excluding hydrogens is 424 g/mol. The van der Waals surface area contributed by atoms with E-state index < -0.39 is 0 Å². The van der Waals surface area contributed by atoms with Crippen LogP contribution in [0.15, 0.2) is 71.7 Å². The van der Waals surface area contributed by atoms with Crippen molar-refractivity contribution < 1.29 is 9.59 Å². The van der Waals surface area contributed by atoms with E-state index >= 15 is 0 Å². The predicted molar refractivity (Wildman–Crippen MR) is 131 cm³/mol. The molecule has 0 radical (unpaired) electrons. The molecule has 31 heavy (non-hydrogen) atoms. The zero-order valence-electron chi connectivity index (χ0n) is 17.7. The molecule has 6 heteroatoms. The third-order valence-corrected chi connectivity index (χ3v) is 6.45. The first-order valence-corrected chi connectivity index (χ1v) is 12.1. The molecule has 0 spiro atoms. The van der Waals surface area contributed by atoms with Crippen LogP contribution in [0.25, 0.3) is 6.08 Å². The number of amides is 2. The quantitative estimate of drug-likeness (QED) is 0.349. The Morgan fingerprint density at radius 3 is 2.61 bits per heavy atom. The van der Waals surface area contributed by atoms with Crippen molar-refractivity contribution >= 4 is 41.0 Å². The number of thioether (sulfide) groups is 1. The van der Waals surface area contributed by atoms with Gasteiger partial charge in [0.2, 0.25) is 0 Å². The van der Waals surface area contributed by atoms with Crippen molar-refractivity contribution in [3.8, 4) is 0 Å². The monoisotopic (exact) mass is 450 g/mol. The largest absolute Gasteiger partial charge is 0.350 e. The molecule has 1 aromatic heterocycles. The van der Waals surface area contributed by atoms with Crippen molar-refractivity contribution in [2.24, 2.45) is 0 Å². The van der Waals surface area contributed by atoms with Crippen molar-refractivity contribution in [3.05, 3.63) is 98.9 Å². The maximum atomic E-state index is 12.8. The van der Waals surface area contributed by atoms with Crippen molar-refractivity contribution in [1.82, 2.24) is 10.6 Å². The molecule has 0 atom stereocenters. The van der Waals surface area contributed by atoms with Gasteiger partial charge in [0.1, 0.15) is 5.70 Å². The van der Waals surface area contributed by atoms with Gasteiger partial charge in [0.05, 0.1) is 0 Å². The van der Waals surface area contributed by atoms with Crippen LogP contribution in [0.1, 0.15) is 31.9 Å². The van der Waals surface area contributed by atoms with E-state index in [0.717, 1.165) is 21.9 Å². The highest BCUT2D eigenvalue weighted by Crippen LogP contribution is 2.15. The lowest BCUT2D eigenvalue weighted by molar-refractivity contribution is -0.117. The first-order chi connectivity index (χ1) is 15.0. The van der Waals surface area contributed by atoms with Crippen LogP contribution in [-0.4, -0.2) is 24.1 Å². The molecule has 2 amide bonds. The molecule has 3 aromatic rings. The van der Waals surface area contributed by atoms with E-state index in [1.165, 1.54) is 22.5 Å². The lowest BCUT2D eigenvalue weighted by atomic mass is 10.1. The average Bonchev–Trinajstić information content (AvgIpc) is 3.26. The topological polar surface area (TPSA) is 58.2 Å². The molecule has 0 saturated carbocycles.